The van der Waals surface area contributed by atoms with E-state index in [1.807, 2.05) is 67.2 Å². The van der Waals surface area contributed by atoms with E-state index in [-0.39, 0.29) is 92.5 Å². The fourth-order valence-corrected chi connectivity index (χ4v) is 16.6. The summed E-state index contributed by atoms with van der Waals surface area (Å²) in [6, 6.07) is 3.46. The number of amides is 2. The number of benzene rings is 1. The molecule has 1 saturated carbocycles. The number of aliphatic hydroxyl groups excluding tert-OH is 1. The van der Waals surface area contributed by atoms with Gasteiger partial charge in [0, 0.05) is 108 Å². The topological polar surface area (TPSA) is 448 Å². The number of nitrogens with zero attached hydrogens (tertiary/aromatic N) is 10. The molecule has 15 atom stereocenters. The first-order valence-electron chi connectivity index (χ1n) is 43.6. The highest BCUT2D eigenvalue weighted by molar-refractivity contribution is 6.39. The first-order valence-corrected chi connectivity index (χ1v) is 43.6. The molecule has 4 aliphatic heterocycles. The molecule has 8 N–H and O–H groups in total. The molecular weight excluding hydrogens is 1590 g/mol. The number of hydrogen-bond donors (Lipinski definition) is 5. The molecule has 5 aromatic rings. The van der Waals surface area contributed by atoms with Crippen LogP contribution in [0.3, 0.4) is 0 Å². The lowest BCUT2D eigenvalue weighted by Gasteiger charge is -2.42. The number of anilines is 2. The van der Waals surface area contributed by atoms with Crippen LogP contribution in [0.4, 0.5) is 11.8 Å². The molecule has 680 valence electrons. The van der Waals surface area contributed by atoms with Gasteiger partial charge in [0.1, 0.15) is 60.1 Å². The highest BCUT2D eigenvalue weighted by Crippen LogP contribution is 2.39. The number of nitrogen functional groups attached to an aromatic ring is 2. The van der Waals surface area contributed by atoms with Crippen molar-refractivity contribution >= 4 is 69.1 Å². The minimum atomic E-state index is -2.48. The number of unbranched alkanes of at least 4 members (excludes halogenated alkanes) is 1. The van der Waals surface area contributed by atoms with Gasteiger partial charge in [-0.3, -0.25) is 24.0 Å². The highest BCUT2D eigenvalue weighted by Gasteiger charge is 2.53. The zero-order chi connectivity index (χ0) is 88.0. The summed E-state index contributed by atoms with van der Waals surface area (Å²) in [7, 11) is 4.59. The van der Waals surface area contributed by atoms with Gasteiger partial charge >= 0.3 is 5.97 Å². The second-order valence-electron chi connectivity index (χ2n) is 33.2. The molecule has 2 amide bonds. The monoisotopic (exact) mass is 1720 g/mol. The zero-order valence-corrected chi connectivity index (χ0v) is 73.0. The fourth-order valence-electron chi connectivity index (χ4n) is 16.6. The van der Waals surface area contributed by atoms with E-state index in [2.05, 4.69) is 25.3 Å². The number of fused-ring (bicyclic) bond motifs is 5. The lowest BCUT2D eigenvalue weighted by Crippen LogP contribution is -2.61. The predicted octanol–water partition coefficient (Wildman–Crippen LogP) is 6.90. The van der Waals surface area contributed by atoms with E-state index in [0.717, 1.165) is 34.6 Å². The summed E-state index contributed by atoms with van der Waals surface area (Å²) in [6.07, 6.45) is 16.3. The number of rotatable bonds is 38. The van der Waals surface area contributed by atoms with Crippen molar-refractivity contribution in [3.8, 4) is 11.3 Å². The lowest BCUT2D eigenvalue weighted by atomic mass is 9.80. The maximum Gasteiger partial charge on any atom is 0.329 e. The van der Waals surface area contributed by atoms with Gasteiger partial charge in [-0.25, -0.2) is 24.1 Å². The molecule has 10 rings (SSSR count). The van der Waals surface area contributed by atoms with Gasteiger partial charge in [0.05, 0.1) is 128 Å². The van der Waals surface area contributed by atoms with Crippen LogP contribution in [-0.4, -0.2) is 296 Å². The number of oxazole rings is 1. The van der Waals surface area contributed by atoms with E-state index in [1.165, 1.54) is 13.4 Å². The van der Waals surface area contributed by atoms with E-state index in [9.17, 15) is 39.0 Å². The number of Topliss-reactive ketones (excluding diaryl/α,β-unsaturated/α-hetero) is 3. The molecule has 0 radical (unpaired) electrons. The Balaban J connectivity index is 0.566. The molecule has 1 aromatic carbocycles. The number of carbonyl (C=O) groups excluding carboxylic acids is 6. The summed E-state index contributed by atoms with van der Waals surface area (Å²) in [5, 5.41) is 37.9. The Bertz CT molecular complexity index is 4320. The number of aliphatic hydroxyl groups is 2. The van der Waals surface area contributed by atoms with Gasteiger partial charge in [0.25, 0.3) is 17.7 Å². The Hall–Kier alpha value is -8.24. The van der Waals surface area contributed by atoms with Crippen LogP contribution in [0.15, 0.2) is 82.7 Å². The molecule has 5 aliphatic rings. The summed E-state index contributed by atoms with van der Waals surface area (Å²) in [4.78, 5) is 101. The third kappa shape index (κ3) is 28.1. The summed E-state index contributed by atoms with van der Waals surface area (Å²) >= 11 is 0. The lowest BCUT2D eigenvalue weighted by molar-refractivity contribution is -0.265. The van der Waals surface area contributed by atoms with Crippen LogP contribution in [0.1, 0.15) is 137 Å². The Kier molecular flexibility index (Phi) is 38.7. The molecule has 4 aromatic heterocycles. The predicted molar refractivity (Wildman–Crippen MR) is 454 cm³/mol. The Morgan fingerprint density at radius 1 is 0.740 bits per heavy atom. The van der Waals surface area contributed by atoms with Crippen molar-refractivity contribution in [1.29, 1.82) is 0 Å². The number of methoxy groups -OCH3 is 3. The SMILES string of the molecule is CO[C@H]1C[C@@H]2CC[C@@H](C)[C@@](O)(O2)C(=O)C(=O)N2CCCC[C@H]2C(=O)O[C@H]([C@H](N)C[C@@H]2CC[C@@H](OCCCCc3cn(CCOCCOCCOCCOCCOCCOCCOCC(=O)N4CC(Cn5nc(-c6ccc7oc(N)nc7c6)c6c(N)ncnc65)C4)nn3)[C@H](OC)C2)CC(=O)[C@H](C)/C=C(\C)[C@@H](O)[C@@H](OC)C(=O)[C@H](C)C[C@H](C)/C=C/C=C/C=C/1C. The molecule has 1 aliphatic carbocycles. The maximum atomic E-state index is 14.7. The van der Waals surface area contributed by atoms with Crippen LogP contribution in [0, 0.1) is 35.5 Å². The van der Waals surface area contributed by atoms with Crippen LogP contribution >= 0.6 is 0 Å². The minimum Gasteiger partial charge on any atom is -0.459 e. The first-order chi connectivity index (χ1) is 59.4. The zero-order valence-electron chi connectivity index (χ0n) is 73.0. The van der Waals surface area contributed by atoms with Gasteiger partial charge in [0.15, 0.2) is 17.0 Å². The van der Waals surface area contributed by atoms with E-state index < -0.39 is 83.8 Å². The van der Waals surface area contributed by atoms with Gasteiger partial charge in [-0.2, -0.15) is 10.1 Å². The second kappa shape index (κ2) is 49.0. The van der Waals surface area contributed by atoms with Crippen molar-refractivity contribution in [3.63, 3.8) is 0 Å². The number of aromatic nitrogens is 8. The van der Waals surface area contributed by atoms with Crippen molar-refractivity contribution in [1.82, 2.24) is 49.5 Å². The van der Waals surface area contributed by atoms with Crippen LogP contribution in [0.2, 0.25) is 0 Å². The number of ether oxygens (including phenoxy) is 13. The number of allylic oxidation sites excluding steroid dienone is 6. The number of cyclic esters (lactones) is 1. The molecule has 8 heterocycles. The summed E-state index contributed by atoms with van der Waals surface area (Å²) in [5.41, 5.74) is 24.4. The quantitative estimate of drug-likeness (QED) is 0.0116. The number of aryl methyl sites for hydroxylation is 1. The fraction of sp³-hybridized carbons (Fsp3) is 0.682. The van der Waals surface area contributed by atoms with Crippen LogP contribution in [-0.2, 0) is 110 Å². The van der Waals surface area contributed by atoms with Crippen molar-refractivity contribution in [2.24, 2.45) is 41.2 Å². The van der Waals surface area contributed by atoms with Crippen molar-refractivity contribution in [2.45, 2.75) is 212 Å². The number of hydrogen-bond acceptors (Lipinski definition) is 31. The number of likely N-dealkylation sites (tertiary alicyclic amines) is 1. The van der Waals surface area contributed by atoms with Crippen LogP contribution < -0.4 is 17.2 Å². The maximum absolute atomic E-state index is 14.7. The Morgan fingerprint density at radius 3 is 2.13 bits per heavy atom. The molecule has 35 nitrogen and oxygen atoms in total. The third-order valence-electron chi connectivity index (χ3n) is 23.8. The normalized spacial score (nSPS) is 27.8. The van der Waals surface area contributed by atoms with Gasteiger partial charge in [-0.15, -0.1) is 5.10 Å². The van der Waals surface area contributed by atoms with Gasteiger partial charge in [0.2, 0.25) is 11.7 Å². The molecule has 2 bridgehead atoms. The number of piperidine rings is 1. The van der Waals surface area contributed by atoms with E-state index >= 15 is 0 Å². The van der Waals surface area contributed by atoms with Gasteiger partial charge < -0.3 is 103 Å². The molecule has 3 saturated heterocycles. The Morgan fingerprint density at radius 2 is 1.44 bits per heavy atom. The molecule has 35 heteroatoms. The molecular formula is C88H131N13O22. The summed E-state index contributed by atoms with van der Waals surface area (Å²) in [6.45, 7) is 18.5. The molecule has 4 fully saturated rings. The smallest absolute Gasteiger partial charge is 0.329 e. The van der Waals surface area contributed by atoms with E-state index in [4.69, 9.17) is 88.3 Å². The number of ketones is 3. The van der Waals surface area contributed by atoms with Crippen molar-refractivity contribution in [2.75, 3.05) is 152 Å². The van der Waals surface area contributed by atoms with Crippen LogP contribution in [0.5, 0.6) is 0 Å². The highest BCUT2D eigenvalue weighted by atomic mass is 16.6. The largest absolute Gasteiger partial charge is 0.459 e. The number of esters is 1. The van der Waals surface area contributed by atoms with Gasteiger partial charge in [-0.05, 0) is 138 Å². The van der Waals surface area contributed by atoms with E-state index in [0.29, 0.717) is 215 Å². The summed E-state index contributed by atoms with van der Waals surface area (Å²) < 4.78 is 85.0. The van der Waals surface area contributed by atoms with Crippen LogP contribution in [0.25, 0.3) is 33.4 Å². The standard InChI is InChI=1S/C88H131N13O22/c1-56-17-11-10-12-18-57(2)73(110-7)48-66-24-21-61(6)88(109,123-66)82(106)85(107)100-27-15-13-20-69(100)86(108)121-74(49-70(102)58(3)44-60(5)80(105)81(112-9)79(104)59(4)43-56)67(89)45-62-22-25-72(75(46-62)111-8)120-29-16-14-19-65-53-99(97-95-65)28-30-113-31-32-114-33-34-115-35-36-116-37-38-117-39-40-118-41-42-119-54-76(103)98-50-63(51-98)52-101-84-77(83(90)92-55-93-84)78(96-101)64-23-26-71-68(47-64)94-87(91)122-71/h10-12,17-18,23,26,44,47,53,55-56,58-59,61-63,66-67,69,72-75,80-81,105,109H,13-16,19-22,24-25,27-43,45-46,48-52,54,89H2,1-9H3,(H2,91,94)(H2,90,92,93)/b12-10+,17-11+,57-18+,60-44+/t56-,58-,59-,61-,62+,66+,67-,69+,72-,73+,74+,75-,80-,81+,88-/m1/s1. The number of nitrogens with two attached hydrogens (primary N) is 3. The Labute approximate surface area is 720 Å². The average Bonchev–Trinajstić information content (AvgIpc) is 1.72. The molecule has 123 heavy (non-hydrogen) atoms. The second-order valence-corrected chi connectivity index (χ2v) is 33.2. The van der Waals surface area contributed by atoms with Crippen molar-refractivity contribution < 1.29 is 105 Å². The molecule has 0 unspecified atom stereocenters. The summed E-state index contributed by atoms with van der Waals surface area (Å²) in [5.74, 6) is -7.90. The third-order valence-corrected chi connectivity index (χ3v) is 23.8. The van der Waals surface area contributed by atoms with E-state index in [1.54, 1.807) is 63.6 Å². The van der Waals surface area contributed by atoms with Gasteiger partial charge in [-0.1, -0.05) is 69.4 Å². The molecule has 0 spiro atoms. The van der Waals surface area contributed by atoms with Crippen molar-refractivity contribution in [3.05, 3.63) is 84.0 Å². The minimum absolute atomic E-state index is 0.0152. The average molecular weight is 1720 g/mol. The number of carbonyl (C=O) groups is 6. The first kappa shape index (κ1) is 97.0.